The molecule has 4 fully saturated rings. The molecule has 0 unspecified atom stereocenters. The molecule has 20 atom stereocenters. The molecule has 40 heteroatoms. The average Bonchev–Trinajstić information content (AvgIpc) is 0.757. The third-order valence-electron chi connectivity index (χ3n) is 14.8. The Bertz CT molecular complexity index is 3250. The second kappa shape index (κ2) is 41.2. The molecule has 0 aromatic heterocycles. The highest BCUT2D eigenvalue weighted by atomic mass is 35.6. The van der Waals surface area contributed by atoms with E-state index in [0.29, 0.717) is 11.1 Å². The van der Waals surface area contributed by atoms with Gasteiger partial charge in [-0.15, -0.1) is 18.2 Å². The fourth-order valence-electron chi connectivity index (χ4n) is 11.0. The molecule has 104 heavy (non-hydrogen) atoms. The molecule has 2 aromatic carbocycles. The van der Waals surface area contributed by atoms with Crippen molar-refractivity contribution in [3.63, 3.8) is 0 Å². The molecule has 4 saturated heterocycles. The Balaban J connectivity index is 1.62. The molecule has 6 rings (SSSR count). The number of esters is 8. The van der Waals surface area contributed by atoms with Gasteiger partial charge in [0.2, 0.25) is 9.70 Å². The third-order valence-corrected chi connectivity index (χ3v) is 15.9. The third kappa shape index (κ3) is 27.2. The molecule has 0 radical (unpaired) electrons. The van der Waals surface area contributed by atoms with Crippen LogP contribution in [0.5, 0.6) is 0 Å². The second-order valence-electron chi connectivity index (χ2n) is 23.1. The fraction of sp³-hybridized carbons (Fsp3) is 0.609. The predicted octanol–water partition coefficient (Wildman–Crippen LogP) is 4.86. The van der Waals surface area contributed by atoms with Crippen molar-refractivity contribution in [2.75, 3.05) is 45.5 Å². The first-order chi connectivity index (χ1) is 49.0. The summed E-state index contributed by atoms with van der Waals surface area (Å²) in [5.41, 5.74) is 1.20. The zero-order valence-corrected chi connectivity index (χ0v) is 62.1. The highest BCUT2D eigenvalue weighted by Gasteiger charge is 2.62. The first-order valence-electron chi connectivity index (χ1n) is 31.5. The summed E-state index contributed by atoms with van der Waals surface area (Å²) < 4.78 is 117. The number of hydrogen-bond donors (Lipinski definition) is 2. The van der Waals surface area contributed by atoms with E-state index in [1.54, 1.807) is 60.7 Å². The van der Waals surface area contributed by atoms with Crippen LogP contribution in [0, 0.1) is 0 Å². The summed E-state index contributed by atoms with van der Waals surface area (Å²) in [6.45, 7) is 7.08. The Morgan fingerprint density at radius 3 is 1.26 bits per heavy atom. The number of carbonyl (C=O) groups is 11. The van der Waals surface area contributed by atoms with Crippen molar-refractivity contribution in [1.82, 2.24) is 10.6 Å². The highest BCUT2D eigenvalue weighted by Crippen LogP contribution is 2.41. The average molecular weight is 1620 g/mol. The molecule has 578 valence electrons. The van der Waals surface area contributed by atoms with E-state index in [9.17, 15) is 52.7 Å². The molecule has 4 aliphatic rings. The van der Waals surface area contributed by atoms with Gasteiger partial charge in [0.15, 0.2) is 67.9 Å². The molecule has 2 N–H and O–H groups in total. The minimum absolute atomic E-state index is 0.108. The monoisotopic (exact) mass is 1610 g/mol. The number of amides is 2. The van der Waals surface area contributed by atoms with E-state index < -0.39 is 235 Å². The maximum Gasteiger partial charge on any atom is 0.508 e. The first kappa shape index (κ1) is 86.7. The lowest BCUT2D eigenvalue weighted by Crippen LogP contribution is -2.72. The van der Waals surface area contributed by atoms with Gasteiger partial charge in [-0.1, -0.05) is 136 Å². The molecule has 0 aliphatic carbocycles. The summed E-state index contributed by atoms with van der Waals surface area (Å²) in [4.78, 5) is 147. The maximum absolute atomic E-state index is 14.4. The van der Waals surface area contributed by atoms with Gasteiger partial charge in [-0.2, -0.15) is 0 Å². The summed E-state index contributed by atoms with van der Waals surface area (Å²) in [6.07, 6.45) is -35.6. The number of rotatable bonds is 32. The SMILES string of the molecule is C=CCO[C@@H]1O[C@H](COCc2ccccc2)[C@@H](O[C@@H]2O[C@H](COC(C)=O)[C@H](OC(C)=O)[C@H](O[C@@H]3O[C@H](COCc4ccccc4)[C@@H](O[C@@H]4O[C@H](COC(C)=O)[C@H](OC(C)=O)[C@H](OC(C)=O)[C@H]4OC(C)=O)[C@H](OC(=O)CCl)[C@H]3NC(=O)C(Cl)(Cl)Cl)[C@H]2OC(C)=O)[C@H](OC(=O)OCC(Cl)(Cl)Cl)[C@H]1NC(C)=O. The van der Waals surface area contributed by atoms with Crippen LogP contribution >= 0.6 is 81.2 Å². The highest BCUT2D eigenvalue weighted by molar-refractivity contribution is 6.76. The number of hydrogen-bond acceptors (Lipinski definition) is 31. The molecule has 0 bridgehead atoms. The number of halogens is 7. The lowest BCUT2D eigenvalue weighted by atomic mass is 9.93. The predicted molar refractivity (Wildman–Crippen MR) is 356 cm³/mol. The zero-order chi connectivity index (χ0) is 76.8. The number of ether oxygens (including phenoxy) is 20. The van der Waals surface area contributed by atoms with Crippen LogP contribution < -0.4 is 10.6 Å². The Morgan fingerprint density at radius 1 is 0.442 bits per heavy atom. The minimum Gasteiger partial charge on any atom is -0.463 e. The van der Waals surface area contributed by atoms with E-state index in [-0.39, 0.29) is 19.8 Å². The van der Waals surface area contributed by atoms with Gasteiger partial charge in [0.05, 0.1) is 33.0 Å². The lowest BCUT2D eigenvalue weighted by molar-refractivity contribution is -0.379. The minimum atomic E-state index is -2.95. The standard InChI is InChI=1S/C64H77Cl7N2O31/c1-10-21-87-57-45(72-30(2)74)52(104-62(84)90-29-63(66,67)68)48(40(96-57)25-85-23-38-17-13-11-14-18-38)102-60-56(95-37(9)81)54(50(92-34(6)78)43(99-60)28-89-32(4)76)103-58-46(73-61(83)64(69,70)71)51(100-44(82)22-65)47(41(97-58)26-86-24-39-19-15-12-16-20-39)101-59-55(94-36(8)80)53(93-35(7)79)49(91-33(5)77)42(98-59)27-88-31(3)75/h10-20,40-43,45-60H,1,21-29H2,2-9H3,(H,72,74)(H,73,83)/t40-,41-,42-,43-,45-,46-,47-,48-,49+,50+,51-,52-,53+,54+,55-,56-,57-,58+,59+,60+/m1/s1. The molecule has 4 aliphatic heterocycles. The van der Waals surface area contributed by atoms with Crippen molar-refractivity contribution in [3.8, 4) is 0 Å². The molecule has 33 nitrogen and oxygen atoms in total. The molecular formula is C64H77Cl7N2O31. The van der Waals surface area contributed by atoms with Crippen LogP contribution in [-0.2, 0) is 156 Å². The number of alkyl halides is 7. The number of benzene rings is 2. The van der Waals surface area contributed by atoms with E-state index in [1.165, 1.54) is 6.08 Å². The Labute approximate surface area is 630 Å². The van der Waals surface area contributed by atoms with E-state index in [4.69, 9.17) is 176 Å². The molecular weight excluding hydrogens is 1540 g/mol. The summed E-state index contributed by atoms with van der Waals surface area (Å²) in [5.74, 6) is -11.9. The summed E-state index contributed by atoms with van der Waals surface area (Å²) >= 11 is 42.9. The van der Waals surface area contributed by atoms with E-state index >= 15 is 0 Å². The number of nitrogens with one attached hydrogen (secondary N) is 2. The summed E-state index contributed by atoms with van der Waals surface area (Å²) in [7, 11) is 0. The fourth-order valence-corrected chi connectivity index (χ4v) is 11.4. The van der Waals surface area contributed by atoms with Crippen LogP contribution in [0.2, 0.25) is 0 Å². The van der Waals surface area contributed by atoms with Gasteiger partial charge in [-0.05, 0) is 11.1 Å². The molecule has 4 heterocycles. The summed E-state index contributed by atoms with van der Waals surface area (Å²) in [6, 6.07) is 13.3. The van der Waals surface area contributed by atoms with Gasteiger partial charge < -0.3 is 105 Å². The van der Waals surface area contributed by atoms with Crippen molar-refractivity contribution >= 4 is 147 Å². The van der Waals surface area contributed by atoms with Crippen molar-refractivity contribution < 1.29 is 147 Å². The van der Waals surface area contributed by atoms with Crippen LogP contribution in [0.25, 0.3) is 0 Å². The lowest BCUT2D eigenvalue weighted by Gasteiger charge is -2.52. The molecule has 2 amide bonds. The molecule has 0 saturated carbocycles. The van der Waals surface area contributed by atoms with Gasteiger partial charge in [-0.25, -0.2) is 4.79 Å². The Hall–Kier alpha value is -6.22. The van der Waals surface area contributed by atoms with Gasteiger partial charge in [0, 0.05) is 55.4 Å². The van der Waals surface area contributed by atoms with E-state index in [1.807, 2.05) is 0 Å². The van der Waals surface area contributed by atoms with Crippen molar-refractivity contribution in [2.45, 2.75) is 199 Å². The van der Waals surface area contributed by atoms with Gasteiger partial charge in [0.25, 0.3) is 9.70 Å². The largest absolute Gasteiger partial charge is 0.508 e. The van der Waals surface area contributed by atoms with E-state index in [2.05, 4.69) is 17.2 Å². The normalized spacial score (nSPS) is 29.0. The topological polar surface area (TPSA) is 396 Å². The van der Waals surface area contributed by atoms with Crippen molar-refractivity contribution in [3.05, 3.63) is 84.4 Å². The van der Waals surface area contributed by atoms with E-state index in [0.717, 1.165) is 55.4 Å². The first-order valence-corrected chi connectivity index (χ1v) is 34.3. The summed E-state index contributed by atoms with van der Waals surface area (Å²) in [5, 5.41) is 5.02. The van der Waals surface area contributed by atoms with Crippen LogP contribution in [0.3, 0.4) is 0 Å². The molecule has 2 aromatic rings. The van der Waals surface area contributed by atoms with Crippen LogP contribution in [0.4, 0.5) is 4.79 Å². The van der Waals surface area contributed by atoms with Crippen molar-refractivity contribution in [1.29, 1.82) is 0 Å². The van der Waals surface area contributed by atoms with Gasteiger partial charge in [-0.3, -0.25) is 47.9 Å². The number of carbonyl (C=O) groups excluding carboxylic acids is 11. The van der Waals surface area contributed by atoms with Gasteiger partial charge in [0.1, 0.15) is 80.5 Å². The molecule has 0 spiro atoms. The van der Waals surface area contributed by atoms with Gasteiger partial charge >= 0.3 is 53.9 Å². The van der Waals surface area contributed by atoms with Crippen LogP contribution in [0.1, 0.15) is 66.5 Å². The second-order valence-corrected chi connectivity index (χ2v) is 28.2. The van der Waals surface area contributed by atoms with Crippen LogP contribution in [0.15, 0.2) is 73.3 Å². The smallest absolute Gasteiger partial charge is 0.463 e. The Morgan fingerprint density at radius 2 is 0.837 bits per heavy atom. The maximum atomic E-state index is 14.4. The van der Waals surface area contributed by atoms with Crippen LogP contribution in [-0.4, -0.2) is 242 Å². The zero-order valence-electron chi connectivity index (χ0n) is 56.8. The van der Waals surface area contributed by atoms with Crippen molar-refractivity contribution in [2.24, 2.45) is 0 Å². The Kier molecular flexibility index (Phi) is 34.4. The quantitative estimate of drug-likeness (QED) is 0.0427.